The van der Waals surface area contributed by atoms with Gasteiger partial charge in [-0.3, -0.25) is 0 Å². The fourth-order valence-corrected chi connectivity index (χ4v) is 1.21. The van der Waals surface area contributed by atoms with Gasteiger partial charge in [0, 0.05) is 0 Å². The summed E-state index contributed by atoms with van der Waals surface area (Å²) in [5.74, 6) is 0.625. The molecule has 10 heavy (non-hydrogen) atoms. The van der Waals surface area contributed by atoms with Crippen LogP contribution in [0.1, 0.15) is 20.8 Å². The lowest BCUT2D eigenvalue weighted by atomic mass is 9.98. The summed E-state index contributed by atoms with van der Waals surface area (Å²) in [5.41, 5.74) is 2.78. The minimum absolute atomic E-state index is 0.625. The second kappa shape index (κ2) is 2.91. The molecule has 0 radical (unpaired) electrons. The molecule has 56 valence electrons. The predicted molar refractivity (Wildman–Crippen MR) is 42.6 cm³/mol. The van der Waals surface area contributed by atoms with E-state index in [1.54, 1.807) is 6.26 Å². The van der Waals surface area contributed by atoms with Crippen LogP contribution in [0, 0.1) is 5.92 Å². The average molecular weight is 138 g/mol. The van der Waals surface area contributed by atoms with E-state index in [2.05, 4.69) is 26.8 Å². The maximum absolute atomic E-state index is 5.12. The van der Waals surface area contributed by atoms with Gasteiger partial charge in [-0.2, -0.15) is 0 Å². The zero-order valence-corrected chi connectivity index (χ0v) is 6.85. The van der Waals surface area contributed by atoms with Gasteiger partial charge in [-0.15, -0.1) is 0 Å². The van der Waals surface area contributed by atoms with Crippen LogP contribution in [0.15, 0.2) is 23.5 Å². The van der Waals surface area contributed by atoms with Gasteiger partial charge in [0.15, 0.2) is 0 Å². The molecule has 0 aromatic heterocycles. The smallest absolute Gasteiger partial charge is 0.109 e. The van der Waals surface area contributed by atoms with Crippen molar-refractivity contribution in [1.29, 1.82) is 0 Å². The third kappa shape index (κ3) is 1.41. The van der Waals surface area contributed by atoms with E-state index in [1.807, 2.05) is 0 Å². The maximum Gasteiger partial charge on any atom is 0.109 e. The van der Waals surface area contributed by atoms with Crippen molar-refractivity contribution in [2.45, 2.75) is 20.8 Å². The molecular weight excluding hydrogens is 124 g/mol. The highest BCUT2D eigenvalue weighted by Gasteiger charge is 2.07. The molecular formula is C9H14O. The molecule has 0 bridgehead atoms. The Kier molecular flexibility index (Phi) is 2.15. The van der Waals surface area contributed by atoms with Crippen molar-refractivity contribution in [3.05, 3.63) is 23.5 Å². The lowest BCUT2D eigenvalue weighted by molar-refractivity contribution is 0.272. The Labute approximate surface area is 62.4 Å². The van der Waals surface area contributed by atoms with Gasteiger partial charge in [-0.1, -0.05) is 13.8 Å². The molecule has 1 aliphatic heterocycles. The summed E-state index contributed by atoms with van der Waals surface area (Å²) >= 11 is 0. The average Bonchev–Trinajstić information content (AvgIpc) is 1.88. The Balaban J connectivity index is 2.79. The summed E-state index contributed by atoms with van der Waals surface area (Å²) in [6.45, 7) is 7.30. The van der Waals surface area contributed by atoms with Crippen LogP contribution < -0.4 is 0 Å². The lowest BCUT2D eigenvalue weighted by Gasteiger charge is -2.15. The second-order valence-corrected chi connectivity index (χ2v) is 3.00. The lowest BCUT2D eigenvalue weighted by Crippen LogP contribution is -2.03. The van der Waals surface area contributed by atoms with Crippen molar-refractivity contribution in [3.63, 3.8) is 0 Å². The highest BCUT2D eigenvalue weighted by molar-refractivity contribution is 5.27. The first-order chi connectivity index (χ1) is 4.72. The number of hydrogen-bond acceptors (Lipinski definition) is 1. The van der Waals surface area contributed by atoms with E-state index < -0.39 is 0 Å². The van der Waals surface area contributed by atoms with Gasteiger partial charge in [0.25, 0.3) is 0 Å². The Bertz CT molecular complexity index is 175. The summed E-state index contributed by atoms with van der Waals surface area (Å²) in [6.07, 6.45) is 3.84. The molecule has 1 heteroatoms. The SMILES string of the molecule is CC1=C(C(C)C)C=COC1. The molecule has 0 fully saturated rings. The van der Waals surface area contributed by atoms with Crippen molar-refractivity contribution >= 4 is 0 Å². The number of ether oxygens (including phenoxy) is 1. The van der Waals surface area contributed by atoms with Crippen LogP contribution in [0.3, 0.4) is 0 Å². The van der Waals surface area contributed by atoms with E-state index in [0.29, 0.717) is 5.92 Å². The van der Waals surface area contributed by atoms with E-state index in [-0.39, 0.29) is 0 Å². The molecule has 0 amide bonds. The zero-order chi connectivity index (χ0) is 7.56. The van der Waals surface area contributed by atoms with E-state index in [4.69, 9.17) is 4.74 Å². The molecule has 1 rings (SSSR count). The Morgan fingerprint density at radius 2 is 2.20 bits per heavy atom. The van der Waals surface area contributed by atoms with Crippen LogP contribution in [-0.2, 0) is 4.74 Å². The van der Waals surface area contributed by atoms with Crippen LogP contribution in [0.2, 0.25) is 0 Å². The van der Waals surface area contributed by atoms with E-state index in [9.17, 15) is 0 Å². The van der Waals surface area contributed by atoms with E-state index in [0.717, 1.165) is 6.61 Å². The van der Waals surface area contributed by atoms with Crippen molar-refractivity contribution < 1.29 is 4.74 Å². The standard InChI is InChI=1S/C9H14O/c1-7(2)9-4-5-10-6-8(9)3/h4-5,7H,6H2,1-3H3. The van der Waals surface area contributed by atoms with Gasteiger partial charge in [-0.25, -0.2) is 0 Å². The first kappa shape index (κ1) is 7.39. The third-order valence-electron chi connectivity index (χ3n) is 1.76. The Morgan fingerprint density at radius 1 is 1.50 bits per heavy atom. The normalized spacial score (nSPS) is 18.0. The number of hydrogen-bond donors (Lipinski definition) is 0. The van der Waals surface area contributed by atoms with Crippen molar-refractivity contribution in [2.24, 2.45) is 5.92 Å². The quantitative estimate of drug-likeness (QED) is 0.541. The first-order valence-electron chi connectivity index (χ1n) is 3.69. The summed E-state index contributed by atoms with van der Waals surface area (Å²) < 4.78 is 5.12. The predicted octanol–water partition coefficient (Wildman–Crippen LogP) is 2.50. The topological polar surface area (TPSA) is 9.23 Å². The number of rotatable bonds is 1. The molecule has 0 aliphatic carbocycles. The van der Waals surface area contributed by atoms with Crippen LogP contribution in [0.25, 0.3) is 0 Å². The summed E-state index contributed by atoms with van der Waals surface area (Å²) in [7, 11) is 0. The molecule has 0 saturated heterocycles. The molecule has 0 N–H and O–H groups in total. The zero-order valence-electron chi connectivity index (χ0n) is 6.85. The van der Waals surface area contributed by atoms with Crippen LogP contribution in [0.4, 0.5) is 0 Å². The summed E-state index contributed by atoms with van der Waals surface area (Å²) in [6, 6.07) is 0. The fourth-order valence-electron chi connectivity index (χ4n) is 1.21. The van der Waals surface area contributed by atoms with Gasteiger partial charge in [0.2, 0.25) is 0 Å². The van der Waals surface area contributed by atoms with Crippen molar-refractivity contribution in [1.82, 2.24) is 0 Å². The molecule has 1 nitrogen and oxygen atoms in total. The van der Waals surface area contributed by atoms with Crippen LogP contribution in [-0.4, -0.2) is 6.61 Å². The molecule has 0 spiro atoms. The molecule has 1 heterocycles. The molecule has 0 unspecified atom stereocenters. The van der Waals surface area contributed by atoms with Gasteiger partial charge in [0.1, 0.15) is 6.61 Å². The highest BCUT2D eigenvalue weighted by Crippen LogP contribution is 2.19. The monoisotopic (exact) mass is 138 g/mol. The van der Waals surface area contributed by atoms with E-state index >= 15 is 0 Å². The number of allylic oxidation sites excluding steroid dienone is 2. The largest absolute Gasteiger partial charge is 0.497 e. The molecule has 0 aromatic carbocycles. The molecule has 0 aromatic rings. The minimum Gasteiger partial charge on any atom is -0.497 e. The van der Waals surface area contributed by atoms with Crippen LogP contribution >= 0.6 is 0 Å². The summed E-state index contributed by atoms with van der Waals surface area (Å²) in [4.78, 5) is 0. The van der Waals surface area contributed by atoms with Crippen molar-refractivity contribution in [2.75, 3.05) is 6.61 Å². The fraction of sp³-hybridized carbons (Fsp3) is 0.556. The first-order valence-corrected chi connectivity index (χ1v) is 3.69. The Hall–Kier alpha value is -0.720. The maximum atomic E-state index is 5.12. The van der Waals surface area contributed by atoms with Gasteiger partial charge in [-0.05, 0) is 30.1 Å². The van der Waals surface area contributed by atoms with Crippen LogP contribution in [0.5, 0.6) is 0 Å². The molecule has 0 atom stereocenters. The Morgan fingerprint density at radius 3 is 2.60 bits per heavy atom. The highest BCUT2D eigenvalue weighted by atomic mass is 16.5. The van der Waals surface area contributed by atoms with Gasteiger partial charge in [0.05, 0.1) is 6.26 Å². The second-order valence-electron chi connectivity index (χ2n) is 3.00. The van der Waals surface area contributed by atoms with E-state index in [1.165, 1.54) is 11.1 Å². The van der Waals surface area contributed by atoms with Crippen molar-refractivity contribution in [3.8, 4) is 0 Å². The van der Waals surface area contributed by atoms with Gasteiger partial charge >= 0.3 is 0 Å². The molecule has 0 saturated carbocycles. The van der Waals surface area contributed by atoms with Gasteiger partial charge < -0.3 is 4.74 Å². The summed E-state index contributed by atoms with van der Waals surface area (Å²) in [5, 5.41) is 0. The third-order valence-corrected chi connectivity index (χ3v) is 1.76. The minimum atomic E-state index is 0.625. The molecule has 1 aliphatic rings.